The maximum atomic E-state index is 4.93. The normalized spacial score (nSPS) is 12.7. The summed E-state index contributed by atoms with van der Waals surface area (Å²) in [7, 11) is 9.87. The van der Waals surface area contributed by atoms with Crippen LogP contribution in [0.2, 0.25) is 0 Å². The first-order valence-corrected chi connectivity index (χ1v) is 12.1. The van der Waals surface area contributed by atoms with Crippen LogP contribution in [0, 0.1) is 5.92 Å². The summed E-state index contributed by atoms with van der Waals surface area (Å²) in [4.78, 5) is 0. The van der Waals surface area contributed by atoms with Crippen LogP contribution in [0.1, 0.15) is 37.5 Å². The minimum atomic E-state index is -0.826. The summed E-state index contributed by atoms with van der Waals surface area (Å²) in [5, 5.41) is 0. The van der Waals surface area contributed by atoms with Crippen molar-refractivity contribution in [2.75, 3.05) is 0 Å². The van der Waals surface area contributed by atoms with Crippen LogP contribution in [0.3, 0.4) is 0 Å². The van der Waals surface area contributed by atoms with Gasteiger partial charge in [0.25, 0.3) is 0 Å². The molecule has 92 valence electrons. The molecule has 0 radical (unpaired) electrons. The second kappa shape index (κ2) is 7.77. The monoisotopic (exact) mass is 346 g/mol. The topological polar surface area (TPSA) is 0 Å². The van der Waals surface area contributed by atoms with Gasteiger partial charge in [0.05, 0.1) is 0 Å². The molecule has 0 amide bonds. The van der Waals surface area contributed by atoms with Crippen LogP contribution in [-0.4, -0.2) is 0 Å². The number of hydrogen-bond donors (Lipinski definition) is 0. The predicted octanol–water partition coefficient (Wildman–Crippen LogP) is 5.22. The van der Waals surface area contributed by atoms with Gasteiger partial charge >= 0.3 is 37.9 Å². The summed E-state index contributed by atoms with van der Waals surface area (Å²) >= 11 is -0.826. The Morgan fingerprint density at radius 3 is 2.53 bits per heavy atom. The van der Waals surface area contributed by atoms with E-state index in [9.17, 15) is 0 Å². The Labute approximate surface area is 123 Å². The Kier molecular flexibility index (Phi) is 7.08. The van der Waals surface area contributed by atoms with Crippen LogP contribution in [0.15, 0.2) is 23.8 Å². The van der Waals surface area contributed by atoms with E-state index in [1.807, 2.05) is 0 Å². The Morgan fingerprint density at radius 1 is 1.29 bits per heavy atom. The molecule has 0 nitrogen and oxygen atoms in total. The molecule has 1 aromatic carbocycles. The Morgan fingerprint density at radius 2 is 1.94 bits per heavy atom. The average Bonchev–Trinajstić information content (AvgIpc) is 2.57. The maximum absolute atomic E-state index is 4.93. The van der Waals surface area contributed by atoms with Crippen molar-refractivity contribution >= 4 is 23.1 Å². The number of halogens is 2. The molecule has 0 bridgehead atoms. The quantitative estimate of drug-likeness (QED) is 0.687. The third-order valence-corrected chi connectivity index (χ3v) is 2.73. The van der Waals surface area contributed by atoms with Gasteiger partial charge in [0.1, 0.15) is 0 Å². The number of benzene rings is 1. The fourth-order valence-corrected chi connectivity index (χ4v) is 2.16. The number of rotatable bonds is 2. The van der Waals surface area contributed by atoms with E-state index in [0.29, 0.717) is 0 Å². The van der Waals surface area contributed by atoms with Gasteiger partial charge in [-0.05, 0) is 42.4 Å². The summed E-state index contributed by atoms with van der Waals surface area (Å²) in [6.45, 7) is 6.75. The van der Waals surface area contributed by atoms with Gasteiger partial charge in [0.2, 0.25) is 0 Å². The molecule has 0 aliphatic heterocycles. The Bertz CT molecular complexity index is 397. The van der Waals surface area contributed by atoms with Crippen molar-refractivity contribution < 1.29 is 20.8 Å². The first-order chi connectivity index (χ1) is 8.06. The summed E-state index contributed by atoms with van der Waals surface area (Å²) in [5.74, 6) is 0.750. The summed E-state index contributed by atoms with van der Waals surface area (Å²) in [5.41, 5.74) is 5.90. The van der Waals surface area contributed by atoms with Crippen LogP contribution in [0.5, 0.6) is 0 Å². The van der Waals surface area contributed by atoms with Gasteiger partial charge in [-0.15, -0.1) is 0 Å². The molecule has 0 saturated heterocycles. The molecule has 0 spiro atoms. The fraction of sp³-hybridized carbons (Fsp3) is 0.429. The fourth-order valence-electron chi connectivity index (χ4n) is 2.16. The molecule has 2 rings (SSSR count). The molecule has 1 aliphatic rings. The Hall–Kier alpha value is 0.423. The molecule has 0 N–H and O–H groups in total. The van der Waals surface area contributed by atoms with E-state index in [2.05, 4.69) is 45.0 Å². The zero-order valence-corrected chi connectivity index (χ0v) is 14.5. The molecule has 3 heteroatoms. The third kappa shape index (κ3) is 5.29. The summed E-state index contributed by atoms with van der Waals surface area (Å²) in [6.07, 6.45) is 4.66. The zero-order chi connectivity index (χ0) is 12.8. The molecular weight excluding hydrogens is 330 g/mol. The molecule has 0 unspecified atom stereocenters. The first kappa shape index (κ1) is 15.5. The molecule has 0 atom stereocenters. The summed E-state index contributed by atoms with van der Waals surface area (Å²) in [6, 6.07) is 6.93. The molecule has 0 aromatic heterocycles. The molecular formula is C14H18Cl2Zr. The van der Waals surface area contributed by atoms with Crippen LogP contribution in [0.25, 0.3) is 6.08 Å². The number of allylic oxidation sites excluding steroid dienone is 1. The van der Waals surface area contributed by atoms with Crippen molar-refractivity contribution in [1.29, 1.82) is 0 Å². The van der Waals surface area contributed by atoms with Crippen LogP contribution in [-0.2, 0) is 33.7 Å². The molecule has 1 aromatic rings. The van der Waals surface area contributed by atoms with Crippen molar-refractivity contribution in [3.63, 3.8) is 0 Å². The van der Waals surface area contributed by atoms with Gasteiger partial charge in [0, 0.05) is 0 Å². The van der Waals surface area contributed by atoms with E-state index >= 15 is 0 Å². The first-order valence-electron chi connectivity index (χ1n) is 5.82. The standard InChI is InChI=1S/C14H18.2ClH.Zr/c1-10(2)6-12-4-5-13-7-11(3)8-14(13)9-12;;;/h4-5,8-10H,6-7H2,1-3H3;2*1H;/q;;;+2/p-2. The molecule has 0 fully saturated rings. The van der Waals surface area contributed by atoms with Crippen molar-refractivity contribution in [1.82, 2.24) is 0 Å². The van der Waals surface area contributed by atoms with Crippen molar-refractivity contribution in [3.8, 4) is 0 Å². The van der Waals surface area contributed by atoms with E-state index < -0.39 is 20.8 Å². The molecule has 1 aliphatic carbocycles. The van der Waals surface area contributed by atoms with Crippen molar-refractivity contribution in [3.05, 3.63) is 40.5 Å². The molecule has 0 heterocycles. The predicted molar refractivity (Wildman–Crippen MR) is 74.0 cm³/mol. The van der Waals surface area contributed by atoms with Gasteiger partial charge in [-0.3, -0.25) is 0 Å². The van der Waals surface area contributed by atoms with Crippen molar-refractivity contribution in [2.24, 2.45) is 5.92 Å². The number of hydrogen-bond acceptors (Lipinski definition) is 0. The van der Waals surface area contributed by atoms with Crippen LogP contribution < -0.4 is 0 Å². The van der Waals surface area contributed by atoms with Gasteiger partial charge in [-0.2, -0.15) is 0 Å². The van der Waals surface area contributed by atoms with E-state index in [-0.39, 0.29) is 0 Å². The van der Waals surface area contributed by atoms with Gasteiger partial charge in [-0.1, -0.05) is 43.7 Å². The second-order valence-corrected chi connectivity index (χ2v) is 8.60. The van der Waals surface area contributed by atoms with E-state index in [4.69, 9.17) is 17.0 Å². The van der Waals surface area contributed by atoms with Gasteiger partial charge in [-0.25, -0.2) is 0 Å². The van der Waals surface area contributed by atoms with Crippen LogP contribution >= 0.6 is 17.0 Å². The van der Waals surface area contributed by atoms with Gasteiger partial charge in [0.15, 0.2) is 0 Å². The molecule has 17 heavy (non-hydrogen) atoms. The average molecular weight is 348 g/mol. The minimum absolute atomic E-state index is 0.750. The number of fused-ring (bicyclic) bond motifs is 1. The SMILES string of the molecule is CC1=Cc2cc(CC(C)C)ccc2C1.[Cl][Zr][Cl]. The second-order valence-electron chi connectivity index (χ2n) is 4.87. The van der Waals surface area contributed by atoms with Crippen LogP contribution in [0.4, 0.5) is 0 Å². The van der Waals surface area contributed by atoms with Crippen molar-refractivity contribution in [2.45, 2.75) is 33.6 Å². The summed E-state index contributed by atoms with van der Waals surface area (Å²) < 4.78 is 0. The van der Waals surface area contributed by atoms with Gasteiger partial charge < -0.3 is 0 Å². The van der Waals surface area contributed by atoms with E-state index in [1.54, 1.807) is 0 Å². The zero-order valence-electron chi connectivity index (χ0n) is 10.6. The van der Waals surface area contributed by atoms with E-state index in [1.165, 1.54) is 28.7 Å². The Balaban J connectivity index is 0.000000437. The third-order valence-electron chi connectivity index (χ3n) is 2.73. The van der Waals surface area contributed by atoms with E-state index in [0.717, 1.165) is 12.3 Å². The molecule has 0 saturated carbocycles.